The first kappa shape index (κ1) is 16.7. The summed E-state index contributed by atoms with van der Waals surface area (Å²) in [4.78, 5) is 2.09. The first-order valence-corrected chi connectivity index (χ1v) is 7.88. The van der Waals surface area contributed by atoms with E-state index < -0.39 is 6.10 Å². The van der Waals surface area contributed by atoms with Gasteiger partial charge in [0.25, 0.3) is 0 Å². The van der Waals surface area contributed by atoms with Crippen LogP contribution < -0.4 is 0 Å². The van der Waals surface area contributed by atoms with Crippen LogP contribution in [0.25, 0.3) is 0 Å². The summed E-state index contributed by atoms with van der Waals surface area (Å²) < 4.78 is 5.72. The maximum atomic E-state index is 10.1. The predicted octanol–water partition coefficient (Wildman–Crippen LogP) is 2.24. The maximum Gasteiger partial charge on any atom is 0.0900 e. The Labute approximate surface area is 131 Å². The third-order valence-electron chi connectivity index (χ3n) is 3.83. The number of benzene rings is 1. The van der Waals surface area contributed by atoms with Gasteiger partial charge in [0, 0.05) is 18.1 Å². The summed E-state index contributed by atoms with van der Waals surface area (Å²) in [5, 5.41) is 20.4. The van der Waals surface area contributed by atoms with E-state index >= 15 is 0 Å². The van der Waals surface area contributed by atoms with Gasteiger partial charge in [-0.1, -0.05) is 23.7 Å². The number of likely N-dealkylation sites (tertiary alicyclic amines) is 1. The Bertz CT molecular complexity index is 426. The van der Waals surface area contributed by atoms with Crippen molar-refractivity contribution in [1.82, 2.24) is 4.90 Å². The van der Waals surface area contributed by atoms with E-state index in [1.807, 2.05) is 31.2 Å². The molecule has 2 rings (SSSR count). The van der Waals surface area contributed by atoms with Gasteiger partial charge in [0.05, 0.1) is 24.9 Å². The quantitative estimate of drug-likeness (QED) is 0.845. The monoisotopic (exact) mass is 313 g/mol. The van der Waals surface area contributed by atoms with Crippen LogP contribution >= 0.6 is 11.6 Å². The molecule has 0 saturated carbocycles. The molecule has 0 spiro atoms. The van der Waals surface area contributed by atoms with E-state index in [1.54, 1.807) is 0 Å². The highest BCUT2D eigenvalue weighted by atomic mass is 35.5. The number of piperidine rings is 1. The van der Waals surface area contributed by atoms with Crippen LogP contribution in [0.15, 0.2) is 24.3 Å². The van der Waals surface area contributed by atoms with Crippen molar-refractivity contribution in [3.05, 3.63) is 34.9 Å². The molecule has 0 amide bonds. The lowest BCUT2D eigenvalue weighted by Gasteiger charge is -2.31. The fraction of sp³-hybridized carbons (Fsp3) is 0.625. The molecule has 5 heteroatoms. The van der Waals surface area contributed by atoms with Crippen LogP contribution in [0.4, 0.5) is 0 Å². The van der Waals surface area contributed by atoms with Crippen molar-refractivity contribution >= 4 is 11.6 Å². The number of aliphatic hydroxyl groups excluding tert-OH is 2. The second-order valence-electron chi connectivity index (χ2n) is 5.74. The van der Waals surface area contributed by atoms with Crippen molar-refractivity contribution in [2.45, 2.75) is 38.1 Å². The third-order valence-corrected chi connectivity index (χ3v) is 4.08. The molecule has 1 heterocycles. The first-order chi connectivity index (χ1) is 10.0. The highest BCUT2D eigenvalue weighted by molar-refractivity contribution is 6.30. The van der Waals surface area contributed by atoms with Gasteiger partial charge in [-0.15, -0.1) is 0 Å². The number of ether oxygens (including phenoxy) is 1. The van der Waals surface area contributed by atoms with Gasteiger partial charge in [0.1, 0.15) is 0 Å². The average molecular weight is 314 g/mol. The Balaban J connectivity index is 1.72. The van der Waals surface area contributed by atoms with Crippen LogP contribution in [0.3, 0.4) is 0 Å². The fourth-order valence-corrected chi connectivity index (χ4v) is 2.76. The van der Waals surface area contributed by atoms with Crippen LogP contribution in [0.5, 0.6) is 0 Å². The van der Waals surface area contributed by atoms with Crippen LogP contribution in [0, 0.1) is 0 Å². The van der Waals surface area contributed by atoms with Gasteiger partial charge in [-0.2, -0.15) is 0 Å². The average Bonchev–Trinajstić information content (AvgIpc) is 2.45. The minimum absolute atomic E-state index is 0.0798. The minimum atomic E-state index is -0.537. The van der Waals surface area contributed by atoms with Crippen LogP contribution in [-0.2, 0) is 4.74 Å². The number of nitrogens with zero attached hydrogens (tertiary/aromatic N) is 1. The van der Waals surface area contributed by atoms with Crippen molar-refractivity contribution in [3.63, 3.8) is 0 Å². The molecule has 0 unspecified atom stereocenters. The number of β-amino-alcohol motifs (C(OH)–C–C–N with tert-alkyl or cyclic N) is 2. The minimum Gasteiger partial charge on any atom is -0.392 e. The van der Waals surface area contributed by atoms with E-state index in [4.69, 9.17) is 16.3 Å². The predicted molar refractivity (Wildman–Crippen MR) is 83.5 cm³/mol. The summed E-state index contributed by atoms with van der Waals surface area (Å²) in [6.45, 7) is 4.37. The van der Waals surface area contributed by atoms with Gasteiger partial charge in [0.15, 0.2) is 0 Å². The summed E-state index contributed by atoms with van der Waals surface area (Å²) in [5.74, 6) is 0. The second kappa shape index (κ2) is 8.11. The van der Waals surface area contributed by atoms with Gasteiger partial charge >= 0.3 is 0 Å². The van der Waals surface area contributed by atoms with Crippen molar-refractivity contribution in [2.24, 2.45) is 0 Å². The van der Waals surface area contributed by atoms with Gasteiger partial charge in [-0.3, -0.25) is 4.90 Å². The smallest absolute Gasteiger partial charge is 0.0900 e. The summed E-state index contributed by atoms with van der Waals surface area (Å²) in [6, 6.07) is 7.53. The lowest BCUT2D eigenvalue weighted by Crippen LogP contribution is -2.43. The lowest BCUT2D eigenvalue weighted by atomic mass is 10.1. The van der Waals surface area contributed by atoms with Crippen molar-refractivity contribution in [3.8, 4) is 0 Å². The molecule has 1 aromatic rings. The van der Waals surface area contributed by atoms with Crippen molar-refractivity contribution in [1.29, 1.82) is 0 Å². The van der Waals surface area contributed by atoms with Crippen molar-refractivity contribution < 1.29 is 14.9 Å². The van der Waals surface area contributed by atoms with E-state index in [1.165, 1.54) is 0 Å². The Hall–Kier alpha value is -0.650. The number of halogens is 1. The molecule has 1 fully saturated rings. The van der Waals surface area contributed by atoms with E-state index in [9.17, 15) is 10.2 Å². The van der Waals surface area contributed by atoms with Gasteiger partial charge < -0.3 is 14.9 Å². The second-order valence-corrected chi connectivity index (χ2v) is 6.17. The normalized spacial score (nSPS) is 23.0. The highest BCUT2D eigenvalue weighted by Gasteiger charge is 2.20. The zero-order valence-electron chi connectivity index (χ0n) is 12.4. The van der Waals surface area contributed by atoms with Gasteiger partial charge in [0.2, 0.25) is 0 Å². The summed E-state index contributed by atoms with van der Waals surface area (Å²) in [6.07, 6.45) is 0.959. The first-order valence-electron chi connectivity index (χ1n) is 7.50. The Morgan fingerprint density at radius 1 is 1.38 bits per heavy atom. The van der Waals surface area contributed by atoms with Gasteiger partial charge in [-0.25, -0.2) is 0 Å². The molecular weight excluding hydrogens is 290 g/mol. The molecule has 1 aliphatic rings. The molecular formula is C16H24ClNO3. The molecule has 1 aromatic carbocycles. The molecule has 0 bridgehead atoms. The molecule has 0 aliphatic carbocycles. The Kier molecular flexibility index (Phi) is 6.45. The third kappa shape index (κ3) is 5.57. The Morgan fingerprint density at radius 3 is 2.76 bits per heavy atom. The molecule has 1 aliphatic heterocycles. The highest BCUT2D eigenvalue weighted by Crippen LogP contribution is 2.19. The van der Waals surface area contributed by atoms with Crippen LogP contribution in [-0.4, -0.2) is 53.6 Å². The number of hydrogen-bond acceptors (Lipinski definition) is 4. The van der Waals surface area contributed by atoms with E-state index in [0.717, 1.165) is 24.9 Å². The van der Waals surface area contributed by atoms with E-state index in [0.29, 0.717) is 18.1 Å². The van der Waals surface area contributed by atoms with E-state index in [-0.39, 0.29) is 18.8 Å². The van der Waals surface area contributed by atoms with E-state index in [2.05, 4.69) is 4.90 Å². The van der Waals surface area contributed by atoms with Crippen molar-refractivity contribution in [2.75, 3.05) is 26.2 Å². The van der Waals surface area contributed by atoms with Gasteiger partial charge in [-0.05, 0) is 44.0 Å². The molecule has 118 valence electrons. The molecule has 4 nitrogen and oxygen atoms in total. The molecule has 2 N–H and O–H groups in total. The molecule has 3 atom stereocenters. The van der Waals surface area contributed by atoms with Crippen LogP contribution in [0.2, 0.25) is 5.02 Å². The van der Waals surface area contributed by atoms with Crippen LogP contribution in [0.1, 0.15) is 31.4 Å². The lowest BCUT2D eigenvalue weighted by molar-refractivity contribution is -0.0262. The summed E-state index contributed by atoms with van der Waals surface area (Å²) in [5.41, 5.74) is 1.04. The molecule has 21 heavy (non-hydrogen) atoms. The topological polar surface area (TPSA) is 52.9 Å². The summed E-state index contributed by atoms with van der Waals surface area (Å²) in [7, 11) is 0. The zero-order valence-corrected chi connectivity index (χ0v) is 13.2. The number of aliphatic hydroxyl groups is 2. The number of hydrogen-bond donors (Lipinski definition) is 2. The molecule has 0 radical (unpaired) electrons. The maximum absolute atomic E-state index is 10.1. The Morgan fingerprint density at radius 2 is 2.10 bits per heavy atom. The zero-order chi connectivity index (χ0) is 15.2. The standard InChI is InChI=1S/C16H24ClNO3/c1-12(13-4-6-14(17)7-5-13)21-11-16(20)10-18-8-2-3-15(19)9-18/h4-7,12,15-16,19-20H,2-3,8-11H2,1H3/t12-,15+,16-/m0/s1. The molecule has 1 saturated heterocycles. The number of rotatable bonds is 6. The fourth-order valence-electron chi connectivity index (χ4n) is 2.63. The summed E-state index contributed by atoms with van der Waals surface area (Å²) >= 11 is 5.86. The molecule has 0 aromatic heterocycles. The largest absolute Gasteiger partial charge is 0.392 e. The SMILES string of the molecule is C[C@H](OC[C@@H](O)CN1CCC[C@@H](O)C1)c1ccc(Cl)cc1.